The lowest BCUT2D eigenvalue weighted by atomic mass is 10.1. The van der Waals surface area contributed by atoms with E-state index >= 15 is 0 Å². The average Bonchev–Trinajstić information content (AvgIpc) is 2.85. The molecular weight excluding hydrogens is 311 g/mol. The topological polar surface area (TPSA) is 24.9 Å². The first kappa shape index (κ1) is 13.7. The van der Waals surface area contributed by atoms with Crippen LogP contribution < -0.4 is 5.32 Å². The van der Waals surface area contributed by atoms with E-state index in [2.05, 4.69) is 23.3 Å². The Morgan fingerprint density at radius 3 is 2.80 bits per heavy atom. The Hall–Kier alpha value is -1.29. The fourth-order valence-corrected chi connectivity index (χ4v) is 3.41. The summed E-state index contributed by atoms with van der Waals surface area (Å²) in [6.07, 6.45) is 0. The Morgan fingerprint density at radius 2 is 2.00 bits per heavy atom. The first-order valence-electron chi connectivity index (χ1n) is 6.18. The van der Waals surface area contributed by atoms with Gasteiger partial charge in [0.25, 0.3) is 0 Å². The minimum absolute atomic E-state index is 0.102. The third-order valence-corrected chi connectivity index (χ3v) is 4.50. The second-order valence-electron chi connectivity index (χ2n) is 4.57. The number of hydrogen-bond acceptors (Lipinski definition) is 3. The highest BCUT2D eigenvalue weighted by Crippen LogP contribution is 2.29. The molecule has 0 fully saturated rings. The molecule has 0 saturated carbocycles. The number of rotatable bonds is 3. The Balaban J connectivity index is 1.85. The molecule has 0 amide bonds. The minimum Gasteiger partial charge on any atom is -0.378 e. The summed E-state index contributed by atoms with van der Waals surface area (Å²) in [4.78, 5) is 4.28. The maximum absolute atomic E-state index is 6.24. The number of halogens is 2. The van der Waals surface area contributed by atoms with Gasteiger partial charge in [0.15, 0.2) is 0 Å². The van der Waals surface area contributed by atoms with Crippen molar-refractivity contribution < 1.29 is 0 Å². The molecule has 102 valence electrons. The Morgan fingerprint density at radius 1 is 1.15 bits per heavy atom. The number of nitrogens with one attached hydrogen (secondary N) is 1. The van der Waals surface area contributed by atoms with Gasteiger partial charge in [0.05, 0.1) is 15.7 Å². The van der Waals surface area contributed by atoms with Crippen LogP contribution in [0.2, 0.25) is 10.0 Å². The Labute approximate surface area is 131 Å². The molecule has 0 spiro atoms. The van der Waals surface area contributed by atoms with Crippen molar-refractivity contribution in [2.24, 2.45) is 0 Å². The van der Waals surface area contributed by atoms with Crippen LogP contribution in [0.5, 0.6) is 0 Å². The molecule has 0 aliphatic heterocycles. The van der Waals surface area contributed by atoms with Gasteiger partial charge in [-0.1, -0.05) is 29.3 Å². The first-order chi connectivity index (χ1) is 9.63. The van der Waals surface area contributed by atoms with Crippen molar-refractivity contribution in [2.45, 2.75) is 13.0 Å². The van der Waals surface area contributed by atoms with Crippen LogP contribution >= 0.6 is 34.5 Å². The molecular formula is C15H12Cl2N2S. The van der Waals surface area contributed by atoms with Crippen molar-refractivity contribution in [3.63, 3.8) is 0 Å². The summed E-state index contributed by atoms with van der Waals surface area (Å²) in [7, 11) is 0. The molecule has 3 aromatic rings. The van der Waals surface area contributed by atoms with Gasteiger partial charge in [-0.15, -0.1) is 11.3 Å². The maximum Gasteiger partial charge on any atom is 0.0813 e. The van der Waals surface area contributed by atoms with Crippen molar-refractivity contribution in [1.29, 1.82) is 0 Å². The molecule has 1 N–H and O–H groups in total. The minimum atomic E-state index is 0.102. The smallest absolute Gasteiger partial charge is 0.0813 e. The third kappa shape index (κ3) is 2.75. The zero-order valence-corrected chi connectivity index (χ0v) is 13.1. The van der Waals surface area contributed by atoms with Gasteiger partial charge in [0.1, 0.15) is 0 Å². The van der Waals surface area contributed by atoms with E-state index in [-0.39, 0.29) is 6.04 Å². The van der Waals surface area contributed by atoms with E-state index in [1.54, 1.807) is 17.4 Å². The van der Waals surface area contributed by atoms with Gasteiger partial charge in [-0.2, -0.15) is 0 Å². The molecule has 5 heteroatoms. The van der Waals surface area contributed by atoms with Crippen LogP contribution in [0.3, 0.4) is 0 Å². The molecule has 1 atom stereocenters. The molecule has 2 nitrogen and oxygen atoms in total. The fraction of sp³-hybridized carbons (Fsp3) is 0.133. The number of anilines is 1. The lowest BCUT2D eigenvalue weighted by Crippen LogP contribution is -2.07. The summed E-state index contributed by atoms with van der Waals surface area (Å²) in [5.41, 5.74) is 4.96. The second kappa shape index (κ2) is 5.60. The molecule has 2 aromatic carbocycles. The second-order valence-corrected chi connectivity index (χ2v) is 6.30. The highest BCUT2D eigenvalue weighted by atomic mass is 35.5. The summed E-state index contributed by atoms with van der Waals surface area (Å²) in [6, 6.07) is 11.8. The van der Waals surface area contributed by atoms with Gasteiger partial charge in [-0.05, 0) is 42.8 Å². The van der Waals surface area contributed by atoms with Crippen molar-refractivity contribution in [1.82, 2.24) is 4.98 Å². The standard InChI is InChI=1S/C15H12Cl2N2S/c1-9(12-4-2-10(16)6-13(12)17)19-11-3-5-14-15(7-11)20-8-18-14/h2-9,19H,1H3. The third-order valence-electron chi connectivity index (χ3n) is 3.14. The maximum atomic E-state index is 6.24. The van der Waals surface area contributed by atoms with Crippen LogP contribution in [-0.2, 0) is 0 Å². The summed E-state index contributed by atoms with van der Waals surface area (Å²) in [5.74, 6) is 0. The van der Waals surface area contributed by atoms with E-state index in [1.165, 1.54) is 4.70 Å². The first-order valence-corrected chi connectivity index (χ1v) is 7.82. The Kier molecular flexibility index (Phi) is 3.83. The van der Waals surface area contributed by atoms with E-state index in [9.17, 15) is 0 Å². The van der Waals surface area contributed by atoms with Crippen LogP contribution in [-0.4, -0.2) is 4.98 Å². The van der Waals surface area contributed by atoms with E-state index in [1.807, 2.05) is 29.8 Å². The number of nitrogens with zero attached hydrogens (tertiary/aromatic N) is 1. The van der Waals surface area contributed by atoms with Gasteiger partial charge >= 0.3 is 0 Å². The summed E-state index contributed by atoms with van der Waals surface area (Å²) < 4.78 is 1.17. The summed E-state index contributed by atoms with van der Waals surface area (Å²) in [6.45, 7) is 2.08. The Bertz CT molecular complexity index is 754. The molecule has 0 aliphatic rings. The molecule has 1 aromatic heterocycles. The normalized spacial score (nSPS) is 12.6. The molecule has 1 unspecified atom stereocenters. The molecule has 0 aliphatic carbocycles. The summed E-state index contributed by atoms with van der Waals surface area (Å²) >= 11 is 13.8. The molecule has 0 saturated heterocycles. The van der Waals surface area contributed by atoms with Gasteiger partial charge < -0.3 is 5.32 Å². The lowest BCUT2D eigenvalue weighted by Gasteiger charge is -2.17. The molecule has 1 heterocycles. The molecule has 0 radical (unpaired) electrons. The van der Waals surface area contributed by atoms with Crippen molar-refractivity contribution in [2.75, 3.05) is 5.32 Å². The highest BCUT2D eigenvalue weighted by Gasteiger charge is 2.10. The largest absolute Gasteiger partial charge is 0.378 e. The quantitative estimate of drug-likeness (QED) is 0.661. The van der Waals surface area contributed by atoms with E-state index in [4.69, 9.17) is 23.2 Å². The van der Waals surface area contributed by atoms with Crippen LogP contribution in [0.15, 0.2) is 41.9 Å². The number of hydrogen-bond donors (Lipinski definition) is 1. The van der Waals surface area contributed by atoms with Gasteiger partial charge in [0, 0.05) is 21.8 Å². The van der Waals surface area contributed by atoms with Gasteiger partial charge in [0.2, 0.25) is 0 Å². The predicted octanol–water partition coefficient (Wildman–Crippen LogP) is 5.78. The van der Waals surface area contributed by atoms with Crippen LogP contribution in [0.4, 0.5) is 5.69 Å². The molecule has 0 bridgehead atoms. The fourth-order valence-electron chi connectivity index (χ4n) is 2.13. The van der Waals surface area contributed by atoms with Crippen molar-refractivity contribution in [3.8, 4) is 0 Å². The number of thiazole rings is 1. The number of benzene rings is 2. The number of aromatic nitrogens is 1. The van der Waals surface area contributed by atoms with E-state index in [0.29, 0.717) is 10.0 Å². The zero-order chi connectivity index (χ0) is 14.1. The van der Waals surface area contributed by atoms with E-state index in [0.717, 1.165) is 16.8 Å². The van der Waals surface area contributed by atoms with Crippen LogP contribution in [0, 0.1) is 0 Å². The predicted molar refractivity (Wildman–Crippen MR) is 88.1 cm³/mol. The average molecular weight is 323 g/mol. The van der Waals surface area contributed by atoms with E-state index < -0.39 is 0 Å². The highest BCUT2D eigenvalue weighted by molar-refractivity contribution is 7.16. The number of fused-ring (bicyclic) bond motifs is 1. The van der Waals surface area contributed by atoms with Crippen LogP contribution in [0.1, 0.15) is 18.5 Å². The molecule has 3 rings (SSSR count). The van der Waals surface area contributed by atoms with Gasteiger partial charge in [-0.25, -0.2) is 4.98 Å². The van der Waals surface area contributed by atoms with Crippen molar-refractivity contribution in [3.05, 3.63) is 57.5 Å². The van der Waals surface area contributed by atoms with Gasteiger partial charge in [-0.3, -0.25) is 0 Å². The zero-order valence-electron chi connectivity index (χ0n) is 10.7. The SMILES string of the molecule is CC(Nc1ccc2ncsc2c1)c1ccc(Cl)cc1Cl. The monoisotopic (exact) mass is 322 g/mol. The summed E-state index contributed by atoms with van der Waals surface area (Å²) in [5, 5.41) is 4.78. The molecule has 20 heavy (non-hydrogen) atoms. The lowest BCUT2D eigenvalue weighted by molar-refractivity contribution is 0.885. The van der Waals surface area contributed by atoms with Crippen molar-refractivity contribution >= 4 is 50.4 Å². The van der Waals surface area contributed by atoms with Crippen LogP contribution in [0.25, 0.3) is 10.2 Å².